The summed E-state index contributed by atoms with van der Waals surface area (Å²) in [7, 11) is 0. The van der Waals surface area contributed by atoms with Gasteiger partial charge in [0.25, 0.3) is 0 Å². The topological polar surface area (TPSA) is 115 Å². The Morgan fingerprint density at radius 3 is 1.52 bits per heavy atom. The molecule has 4 N–H and O–H groups in total. The lowest BCUT2D eigenvalue weighted by atomic mass is 10.1. The number of aliphatic hydroxyl groups is 2. The maximum Gasteiger partial charge on any atom is 0.303 e. The van der Waals surface area contributed by atoms with Gasteiger partial charge in [0.15, 0.2) is 6.29 Å². The summed E-state index contributed by atoms with van der Waals surface area (Å²) in [5.74, 6) is -1.52. The molecular weight excluding hydrogens is 276 g/mol. The summed E-state index contributed by atoms with van der Waals surface area (Å²) in [6, 6.07) is 0. The average molecular weight is 306 g/mol. The van der Waals surface area contributed by atoms with Crippen molar-refractivity contribution in [3.8, 4) is 0 Å². The van der Waals surface area contributed by atoms with E-state index < -0.39 is 18.2 Å². The SMILES string of the molecule is CCCCCC(O)O.O=C(O)CCCCCCCC(=O)O. The number of aliphatic hydroxyl groups excluding tert-OH is 1. The van der Waals surface area contributed by atoms with Crippen LogP contribution in [0.3, 0.4) is 0 Å². The van der Waals surface area contributed by atoms with Crippen LogP contribution in [-0.4, -0.2) is 38.7 Å². The number of rotatable bonds is 12. The molecule has 6 heteroatoms. The summed E-state index contributed by atoms with van der Waals surface area (Å²) in [5, 5.41) is 33.3. The Bertz CT molecular complexity index is 235. The Hall–Kier alpha value is -1.14. The van der Waals surface area contributed by atoms with Crippen molar-refractivity contribution in [2.45, 2.75) is 83.8 Å². The van der Waals surface area contributed by atoms with Crippen LogP contribution in [-0.2, 0) is 9.59 Å². The lowest BCUT2D eigenvalue weighted by molar-refractivity contribution is -0.138. The first kappa shape index (κ1) is 22.1. The first-order chi connectivity index (χ1) is 9.90. The van der Waals surface area contributed by atoms with E-state index in [1.165, 1.54) is 0 Å². The van der Waals surface area contributed by atoms with Crippen LogP contribution < -0.4 is 0 Å². The van der Waals surface area contributed by atoms with Crippen molar-refractivity contribution in [1.82, 2.24) is 0 Å². The van der Waals surface area contributed by atoms with Gasteiger partial charge in [-0.25, -0.2) is 0 Å². The maximum absolute atomic E-state index is 10.1. The van der Waals surface area contributed by atoms with Crippen molar-refractivity contribution in [3.63, 3.8) is 0 Å². The Labute approximate surface area is 126 Å². The van der Waals surface area contributed by atoms with Crippen LogP contribution in [0.2, 0.25) is 0 Å². The molecule has 0 saturated carbocycles. The Kier molecular flexibility index (Phi) is 17.8. The second-order valence-corrected chi connectivity index (χ2v) is 5.03. The van der Waals surface area contributed by atoms with Crippen molar-refractivity contribution in [1.29, 1.82) is 0 Å². The fourth-order valence-corrected chi connectivity index (χ4v) is 1.66. The molecule has 0 aromatic heterocycles. The predicted molar refractivity (Wildman–Crippen MR) is 80.0 cm³/mol. The van der Waals surface area contributed by atoms with E-state index in [0.29, 0.717) is 19.3 Å². The summed E-state index contributed by atoms with van der Waals surface area (Å²) >= 11 is 0. The normalized spacial score (nSPS) is 10.1. The molecule has 0 radical (unpaired) electrons. The minimum atomic E-state index is -1.10. The number of carboxylic acids is 2. The highest BCUT2D eigenvalue weighted by molar-refractivity contribution is 5.66. The summed E-state index contributed by atoms with van der Waals surface area (Å²) in [6.07, 6.45) is 7.11. The van der Waals surface area contributed by atoms with E-state index in [4.69, 9.17) is 20.4 Å². The summed E-state index contributed by atoms with van der Waals surface area (Å²) < 4.78 is 0. The van der Waals surface area contributed by atoms with E-state index in [1.807, 2.05) is 0 Å². The molecule has 0 heterocycles. The quantitative estimate of drug-likeness (QED) is 0.325. The molecule has 0 aromatic carbocycles. The molecule has 0 saturated heterocycles. The standard InChI is InChI=1S/C9H16O4.C6H14O2/c10-8(11)6-4-2-1-3-5-7-9(12)13;1-2-3-4-5-6(7)8/h1-7H2,(H,10,11)(H,12,13);6-8H,2-5H2,1H3. The Morgan fingerprint density at radius 2 is 1.19 bits per heavy atom. The van der Waals surface area contributed by atoms with Crippen molar-refractivity contribution in [2.24, 2.45) is 0 Å². The third-order valence-electron chi connectivity index (χ3n) is 2.85. The third kappa shape index (κ3) is 27.9. The van der Waals surface area contributed by atoms with Gasteiger partial charge in [0.2, 0.25) is 0 Å². The zero-order valence-corrected chi connectivity index (χ0v) is 13.0. The molecule has 0 aromatic rings. The molecule has 0 rings (SSSR count). The smallest absolute Gasteiger partial charge is 0.303 e. The summed E-state index contributed by atoms with van der Waals surface area (Å²) in [4.78, 5) is 20.2. The minimum absolute atomic E-state index is 0.221. The first-order valence-electron chi connectivity index (χ1n) is 7.69. The second kappa shape index (κ2) is 16.9. The summed E-state index contributed by atoms with van der Waals surface area (Å²) in [5.41, 5.74) is 0. The van der Waals surface area contributed by atoms with Crippen LogP contribution in [0, 0.1) is 0 Å². The van der Waals surface area contributed by atoms with Gasteiger partial charge in [0, 0.05) is 12.8 Å². The van der Waals surface area contributed by atoms with Crippen molar-refractivity contribution in [2.75, 3.05) is 0 Å². The number of carboxylic acid groups (broad SMARTS) is 2. The van der Waals surface area contributed by atoms with Crippen LogP contribution in [0.1, 0.15) is 77.6 Å². The molecule has 0 aliphatic rings. The van der Waals surface area contributed by atoms with Gasteiger partial charge in [-0.1, -0.05) is 39.0 Å². The van der Waals surface area contributed by atoms with Crippen molar-refractivity contribution in [3.05, 3.63) is 0 Å². The highest BCUT2D eigenvalue weighted by Gasteiger charge is 1.98. The lowest BCUT2D eigenvalue weighted by Crippen LogP contribution is -2.02. The average Bonchev–Trinajstić information content (AvgIpc) is 2.37. The van der Waals surface area contributed by atoms with Gasteiger partial charge in [0.1, 0.15) is 0 Å². The monoisotopic (exact) mass is 306 g/mol. The number of hydrogen-bond donors (Lipinski definition) is 4. The fraction of sp³-hybridized carbons (Fsp3) is 0.867. The second-order valence-electron chi connectivity index (χ2n) is 5.03. The fourth-order valence-electron chi connectivity index (χ4n) is 1.66. The molecule has 6 nitrogen and oxygen atoms in total. The molecule has 21 heavy (non-hydrogen) atoms. The number of carbonyl (C=O) groups is 2. The van der Waals surface area contributed by atoms with Gasteiger partial charge in [-0.3, -0.25) is 9.59 Å². The molecule has 0 aliphatic heterocycles. The summed E-state index contributed by atoms with van der Waals surface area (Å²) in [6.45, 7) is 2.09. The van der Waals surface area contributed by atoms with Crippen LogP contribution in [0.4, 0.5) is 0 Å². The van der Waals surface area contributed by atoms with E-state index in [-0.39, 0.29) is 12.8 Å². The molecule has 126 valence electrons. The first-order valence-corrected chi connectivity index (χ1v) is 7.69. The zero-order valence-electron chi connectivity index (χ0n) is 13.0. The number of hydrogen-bond acceptors (Lipinski definition) is 4. The maximum atomic E-state index is 10.1. The molecular formula is C15H30O6. The molecule has 0 amide bonds. The van der Waals surface area contributed by atoms with E-state index in [0.717, 1.165) is 38.5 Å². The third-order valence-corrected chi connectivity index (χ3v) is 2.85. The molecule has 0 unspecified atom stereocenters. The lowest BCUT2D eigenvalue weighted by Gasteiger charge is -1.99. The van der Waals surface area contributed by atoms with E-state index in [1.54, 1.807) is 0 Å². The minimum Gasteiger partial charge on any atom is -0.481 e. The van der Waals surface area contributed by atoms with Crippen molar-refractivity contribution < 1.29 is 30.0 Å². The predicted octanol–water partition coefficient (Wildman–Crippen LogP) is 2.76. The molecule has 0 bridgehead atoms. The van der Waals surface area contributed by atoms with Crippen LogP contribution in [0.15, 0.2) is 0 Å². The largest absolute Gasteiger partial charge is 0.481 e. The van der Waals surface area contributed by atoms with Gasteiger partial charge in [-0.2, -0.15) is 0 Å². The van der Waals surface area contributed by atoms with Crippen LogP contribution in [0.5, 0.6) is 0 Å². The van der Waals surface area contributed by atoms with Gasteiger partial charge in [-0.15, -0.1) is 0 Å². The van der Waals surface area contributed by atoms with Gasteiger partial charge in [0.05, 0.1) is 0 Å². The number of unbranched alkanes of at least 4 members (excludes halogenated alkanes) is 6. The zero-order chi connectivity index (χ0) is 16.5. The van der Waals surface area contributed by atoms with Crippen molar-refractivity contribution >= 4 is 11.9 Å². The Balaban J connectivity index is 0. The number of aliphatic carboxylic acids is 2. The van der Waals surface area contributed by atoms with Gasteiger partial charge in [-0.05, 0) is 25.7 Å². The highest BCUT2D eigenvalue weighted by atomic mass is 16.5. The molecule has 0 atom stereocenters. The van der Waals surface area contributed by atoms with Gasteiger partial charge < -0.3 is 20.4 Å². The van der Waals surface area contributed by atoms with Crippen LogP contribution in [0.25, 0.3) is 0 Å². The van der Waals surface area contributed by atoms with E-state index in [2.05, 4.69) is 6.92 Å². The van der Waals surface area contributed by atoms with E-state index in [9.17, 15) is 9.59 Å². The highest BCUT2D eigenvalue weighted by Crippen LogP contribution is 2.06. The molecule has 0 fully saturated rings. The van der Waals surface area contributed by atoms with E-state index >= 15 is 0 Å². The van der Waals surface area contributed by atoms with Crippen LogP contribution >= 0.6 is 0 Å². The molecule has 0 aliphatic carbocycles. The Morgan fingerprint density at radius 1 is 0.762 bits per heavy atom. The molecule has 0 spiro atoms. The van der Waals surface area contributed by atoms with Gasteiger partial charge >= 0.3 is 11.9 Å².